The number of rotatable bonds is 7. The highest BCUT2D eigenvalue weighted by atomic mass is 16.6. The molecular formula is C18H24N4O3. The van der Waals surface area contributed by atoms with Crippen LogP contribution in [0, 0.1) is 10.1 Å². The van der Waals surface area contributed by atoms with Gasteiger partial charge in [-0.05, 0) is 39.3 Å². The second-order valence-corrected chi connectivity index (χ2v) is 6.01. The lowest BCUT2D eigenvalue weighted by molar-refractivity contribution is -0.384. The van der Waals surface area contributed by atoms with E-state index in [0.717, 1.165) is 19.5 Å². The number of nitro groups is 1. The van der Waals surface area contributed by atoms with Gasteiger partial charge in [-0.15, -0.1) is 0 Å². The number of hydrogen-bond donors (Lipinski definition) is 0. The molecule has 1 aliphatic carbocycles. The summed E-state index contributed by atoms with van der Waals surface area (Å²) in [5.41, 5.74) is 1.20. The first kappa shape index (κ1) is 18.6. The van der Waals surface area contributed by atoms with Crippen LogP contribution in [0.5, 0.6) is 5.75 Å². The number of methoxy groups -OCH3 is 1. The molecule has 2 rings (SSSR count). The Bertz CT molecular complexity index is 723. The SMILES string of the molecule is CCN(CC)C1=CCC(C)(/N=N/c2ccc([N+](=O)[O-])cc2OC)C=C1. The highest BCUT2D eigenvalue weighted by molar-refractivity contribution is 5.56. The lowest BCUT2D eigenvalue weighted by Gasteiger charge is -2.28. The Morgan fingerprint density at radius 1 is 1.36 bits per heavy atom. The quantitative estimate of drug-likeness (QED) is 0.410. The van der Waals surface area contributed by atoms with Crippen LogP contribution < -0.4 is 4.74 Å². The van der Waals surface area contributed by atoms with Crippen molar-refractivity contribution in [1.82, 2.24) is 4.90 Å². The normalized spacial score (nSPS) is 19.8. The molecule has 7 nitrogen and oxygen atoms in total. The fraction of sp³-hybridized carbons (Fsp3) is 0.444. The van der Waals surface area contributed by atoms with E-state index in [0.29, 0.717) is 11.4 Å². The van der Waals surface area contributed by atoms with Gasteiger partial charge in [-0.2, -0.15) is 10.2 Å². The molecular weight excluding hydrogens is 320 g/mol. The van der Waals surface area contributed by atoms with Gasteiger partial charge in [0.2, 0.25) is 0 Å². The van der Waals surface area contributed by atoms with Gasteiger partial charge in [0.1, 0.15) is 11.2 Å². The number of non-ortho nitro benzene ring substituents is 1. The van der Waals surface area contributed by atoms with Gasteiger partial charge in [-0.1, -0.05) is 12.2 Å². The van der Waals surface area contributed by atoms with E-state index in [1.165, 1.54) is 24.9 Å². The summed E-state index contributed by atoms with van der Waals surface area (Å²) in [6.45, 7) is 8.19. The van der Waals surface area contributed by atoms with Crippen LogP contribution in [0.25, 0.3) is 0 Å². The van der Waals surface area contributed by atoms with Crippen LogP contribution in [-0.4, -0.2) is 35.6 Å². The predicted molar refractivity (Wildman–Crippen MR) is 97.3 cm³/mol. The van der Waals surface area contributed by atoms with Crippen LogP contribution in [0.4, 0.5) is 11.4 Å². The van der Waals surface area contributed by atoms with E-state index in [4.69, 9.17) is 4.74 Å². The van der Waals surface area contributed by atoms with Gasteiger partial charge in [0.15, 0.2) is 5.75 Å². The van der Waals surface area contributed by atoms with Gasteiger partial charge in [0.25, 0.3) is 5.69 Å². The largest absolute Gasteiger partial charge is 0.494 e. The van der Waals surface area contributed by atoms with Crippen molar-refractivity contribution >= 4 is 11.4 Å². The molecule has 0 N–H and O–H groups in total. The maximum absolute atomic E-state index is 10.8. The van der Waals surface area contributed by atoms with Crippen LogP contribution in [-0.2, 0) is 0 Å². The Morgan fingerprint density at radius 3 is 2.60 bits per heavy atom. The molecule has 0 spiro atoms. The summed E-state index contributed by atoms with van der Waals surface area (Å²) in [6.07, 6.45) is 7.03. The van der Waals surface area contributed by atoms with Crippen LogP contribution in [0.15, 0.2) is 52.4 Å². The molecule has 1 aliphatic rings. The van der Waals surface area contributed by atoms with Crippen LogP contribution in [0.1, 0.15) is 27.2 Å². The number of azo groups is 1. The zero-order valence-electron chi connectivity index (χ0n) is 15.1. The van der Waals surface area contributed by atoms with Gasteiger partial charge in [0.05, 0.1) is 18.1 Å². The molecule has 0 amide bonds. The van der Waals surface area contributed by atoms with E-state index < -0.39 is 10.5 Å². The number of allylic oxidation sites excluding steroid dienone is 1. The molecule has 0 fully saturated rings. The number of hydrogen-bond acceptors (Lipinski definition) is 6. The molecule has 0 saturated heterocycles. The number of nitrogens with zero attached hydrogens (tertiary/aromatic N) is 4. The van der Waals surface area contributed by atoms with Crippen molar-refractivity contribution in [2.24, 2.45) is 10.2 Å². The average molecular weight is 344 g/mol. The van der Waals surface area contributed by atoms with Gasteiger partial charge in [-0.3, -0.25) is 10.1 Å². The summed E-state index contributed by atoms with van der Waals surface area (Å²) in [5.74, 6) is 0.334. The average Bonchev–Trinajstić information content (AvgIpc) is 2.62. The fourth-order valence-electron chi connectivity index (χ4n) is 2.64. The van der Waals surface area contributed by atoms with Crippen LogP contribution in [0.2, 0.25) is 0 Å². The summed E-state index contributed by atoms with van der Waals surface area (Å²) in [5, 5.41) is 19.6. The summed E-state index contributed by atoms with van der Waals surface area (Å²) in [4.78, 5) is 12.7. The number of benzene rings is 1. The Morgan fingerprint density at radius 2 is 2.08 bits per heavy atom. The molecule has 7 heteroatoms. The monoisotopic (exact) mass is 344 g/mol. The molecule has 1 atom stereocenters. The minimum atomic E-state index is -0.464. The maximum atomic E-state index is 10.8. The van der Waals surface area contributed by atoms with Crippen LogP contribution in [0.3, 0.4) is 0 Å². The van der Waals surface area contributed by atoms with Gasteiger partial charge in [0, 0.05) is 24.9 Å². The third-order valence-electron chi connectivity index (χ3n) is 4.23. The topological polar surface area (TPSA) is 80.3 Å². The minimum Gasteiger partial charge on any atom is -0.494 e. The predicted octanol–water partition coefficient (Wildman–Crippen LogP) is 4.63. The molecule has 0 aliphatic heterocycles. The Balaban J connectivity index is 2.17. The second kappa shape index (κ2) is 7.92. The molecule has 134 valence electrons. The second-order valence-electron chi connectivity index (χ2n) is 6.01. The Hall–Kier alpha value is -2.70. The smallest absolute Gasteiger partial charge is 0.273 e. The standard InChI is InChI=1S/C18H24N4O3/c1-5-21(6-2)14-9-11-18(3,12-10-14)20-19-16-8-7-15(22(23)24)13-17(16)25-4/h7-11,13H,5-6,12H2,1-4H3/b20-19+. The van der Waals surface area contributed by atoms with Crippen molar-refractivity contribution < 1.29 is 9.66 Å². The maximum Gasteiger partial charge on any atom is 0.273 e. The molecule has 25 heavy (non-hydrogen) atoms. The molecule has 1 aromatic carbocycles. The lowest BCUT2D eigenvalue weighted by Crippen LogP contribution is -2.26. The van der Waals surface area contributed by atoms with E-state index in [2.05, 4.69) is 41.1 Å². The minimum absolute atomic E-state index is 0.0358. The summed E-state index contributed by atoms with van der Waals surface area (Å²) < 4.78 is 5.19. The highest BCUT2D eigenvalue weighted by Gasteiger charge is 2.23. The van der Waals surface area contributed by atoms with Crippen molar-refractivity contribution in [2.45, 2.75) is 32.7 Å². The number of ether oxygens (including phenoxy) is 1. The van der Waals surface area contributed by atoms with Crippen molar-refractivity contribution in [3.63, 3.8) is 0 Å². The highest BCUT2D eigenvalue weighted by Crippen LogP contribution is 2.34. The van der Waals surface area contributed by atoms with E-state index in [1.807, 2.05) is 13.0 Å². The zero-order chi connectivity index (χ0) is 18.4. The lowest BCUT2D eigenvalue weighted by atomic mass is 9.93. The molecule has 1 aromatic rings. The van der Waals surface area contributed by atoms with Gasteiger partial charge >= 0.3 is 0 Å². The number of nitro benzene ring substituents is 1. The molecule has 0 saturated carbocycles. The molecule has 0 bridgehead atoms. The van der Waals surface area contributed by atoms with E-state index >= 15 is 0 Å². The van der Waals surface area contributed by atoms with Crippen molar-refractivity contribution in [3.8, 4) is 5.75 Å². The van der Waals surface area contributed by atoms with Crippen LogP contribution >= 0.6 is 0 Å². The van der Waals surface area contributed by atoms with Gasteiger partial charge < -0.3 is 9.64 Å². The van der Waals surface area contributed by atoms with Crippen molar-refractivity contribution in [3.05, 3.63) is 52.2 Å². The third-order valence-corrected chi connectivity index (χ3v) is 4.23. The summed E-state index contributed by atoms with van der Waals surface area (Å²) >= 11 is 0. The molecule has 1 unspecified atom stereocenters. The van der Waals surface area contributed by atoms with E-state index in [1.54, 1.807) is 6.07 Å². The molecule has 0 radical (unpaired) electrons. The first-order valence-electron chi connectivity index (χ1n) is 8.32. The first-order chi connectivity index (χ1) is 11.9. The van der Waals surface area contributed by atoms with Crippen molar-refractivity contribution in [1.29, 1.82) is 0 Å². The fourth-order valence-corrected chi connectivity index (χ4v) is 2.64. The molecule has 0 heterocycles. The number of likely N-dealkylation sites (N-methyl/N-ethyl adjacent to an activating group) is 1. The summed E-state index contributed by atoms with van der Waals surface area (Å²) in [7, 11) is 1.46. The Kier molecular flexibility index (Phi) is 5.90. The first-order valence-corrected chi connectivity index (χ1v) is 8.32. The Labute approximate surface area is 147 Å². The van der Waals surface area contributed by atoms with E-state index in [9.17, 15) is 10.1 Å². The summed E-state index contributed by atoms with van der Waals surface area (Å²) in [6, 6.07) is 4.30. The van der Waals surface area contributed by atoms with E-state index in [-0.39, 0.29) is 5.69 Å². The zero-order valence-corrected chi connectivity index (χ0v) is 15.1. The molecule has 0 aromatic heterocycles. The third kappa shape index (κ3) is 4.43. The van der Waals surface area contributed by atoms with Crippen molar-refractivity contribution in [2.75, 3.05) is 20.2 Å². The van der Waals surface area contributed by atoms with Gasteiger partial charge in [-0.25, -0.2) is 0 Å².